The standard InChI is InChI=1S/C59H52BN3/c1-39-34-54-56-55(35-39)63(57-48-24-16-14-18-40(48)36-41-19-15-17-25-49(41)57)52-33-28-43(59(5,6)7)37-51(52)60(56)50-32-31-47(61(44-20-10-8-11-21-44)45-22-12-9-13-23-45)38-53(50)62(54)46-29-26-42(27-30-46)58(2,3)4/h8-38H,1-7H3. The molecule has 9 aromatic carbocycles. The number of fused-ring (bicyclic) bond motifs is 6. The Hall–Kier alpha value is -7.04. The lowest BCUT2D eigenvalue weighted by atomic mass is 9.33. The summed E-state index contributed by atoms with van der Waals surface area (Å²) in [7, 11) is 0. The highest BCUT2D eigenvalue weighted by Crippen LogP contribution is 2.49. The second-order valence-electron chi connectivity index (χ2n) is 19.6. The molecule has 11 rings (SSSR count). The van der Waals surface area contributed by atoms with Crippen LogP contribution in [0.4, 0.5) is 51.2 Å². The number of hydrogen-bond acceptors (Lipinski definition) is 3. The molecule has 3 nitrogen and oxygen atoms in total. The van der Waals surface area contributed by atoms with Crippen molar-refractivity contribution in [3.05, 3.63) is 205 Å². The highest BCUT2D eigenvalue weighted by Gasteiger charge is 2.44. The van der Waals surface area contributed by atoms with E-state index in [9.17, 15) is 0 Å². The Bertz CT molecular complexity index is 3120. The summed E-state index contributed by atoms with van der Waals surface area (Å²) < 4.78 is 0. The Morgan fingerprint density at radius 3 is 1.54 bits per heavy atom. The molecule has 0 radical (unpaired) electrons. The molecule has 0 fully saturated rings. The minimum Gasteiger partial charge on any atom is -0.311 e. The van der Waals surface area contributed by atoms with Crippen molar-refractivity contribution in [2.75, 3.05) is 14.7 Å². The highest BCUT2D eigenvalue weighted by atomic mass is 15.2. The van der Waals surface area contributed by atoms with Gasteiger partial charge in [-0.2, -0.15) is 0 Å². The quantitative estimate of drug-likeness (QED) is 0.127. The first-order chi connectivity index (χ1) is 30.4. The number of anilines is 9. The van der Waals surface area contributed by atoms with Crippen LogP contribution in [0, 0.1) is 6.92 Å². The Balaban J connectivity index is 1.24. The van der Waals surface area contributed by atoms with Gasteiger partial charge in [0.15, 0.2) is 0 Å². The SMILES string of the molecule is Cc1cc2c3c(c1)N(c1c4ccccc4cc4ccccc14)c1ccc(C(C)(C)C)cc1B3c1ccc(N(c3ccccc3)c3ccccc3)cc1N2c1ccc(C(C)(C)C)cc1. The van der Waals surface area contributed by atoms with Crippen LogP contribution in [0.2, 0.25) is 0 Å². The predicted molar refractivity (Wildman–Crippen MR) is 272 cm³/mol. The number of para-hydroxylation sites is 2. The molecule has 0 aliphatic carbocycles. The van der Waals surface area contributed by atoms with Gasteiger partial charge in [0, 0.05) is 56.3 Å². The smallest absolute Gasteiger partial charge is 0.252 e. The summed E-state index contributed by atoms with van der Waals surface area (Å²) in [5, 5.41) is 4.96. The fraction of sp³-hybridized carbons (Fsp3) is 0.153. The molecule has 2 aliphatic rings. The van der Waals surface area contributed by atoms with Crippen molar-refractivity contribution in [3.8, 4) is 0 Å². The lowest BCUT2D eigenvalue weighted by Gasteiger charge is -2.45. The average molecular weight is 814 g/mol. The lowest BCUT2D eigenvalue weighted by Crippen LogP contribution is -2.61. The number of aryl methyl sites for hydroxylation is 1. The molecule has 4 heteroatoms. The highest BCUT2D eigenvalue weighted by molar-refractivity contribution is 7.00. The molecule has 2 heterocycles. The van der Waals surface area contributed by atoms with Crippen molar-refractivity contribution in [1.82, 2.24) is 0 Å². The van der Waals surface area contributed by atoms with E-state index in [4.69, 9.17) is 0 Å². The number of rotatable bonds is 5. The zero-order valence-corrected chi connectivity index (χ0v) is 37.3. The van der Waals surface area contributed by atoms with Gasteiger partial charge < -0.3 is 14.7 Å². The number of nitrogens with zero attached hydrogens (tertiary/aromatic N) is 3. The molecule has 0 amide bonds. The summed E-state index contributed by atoms with van der Waals surface area (Å²) in [6.45, 7) is 16.1. The van der Waals surface area contributed by atoms with Crippen LogP contribution in [0.1, 0.15) is 58.2 Å². The normalized spacial score (nSPS) is 13.2. The monoisotopic (exact) mass is 813 g/mol. The Morgan fingerprint density at radius 2 is 0.952 bits per heavy atom. The number of benzene rings is 9. The van der Waals surface area contributed by atoms with E-state index in [2.05, 4.69) is 251 Å². The van der Waals surface area contributed by atoms with E-state index in [-0.39, 0.29) is 17.5 Å². The summed E-state index contributed by atoms with van der Waals surface area (Å²) >= 11 is 0. The summed E-state index contributed by atoms with van der Waals surface area (Å²) in [5.74, 6) is 0. The molecule has 0 unspecified atom stereocenters. The minimum absolute atomic E-state index is 0.0126. The summed E-state index contributed by atoms with van der Waals surface area (Å²) in [4.78, 5) is 7.56. The van der Waals surface area contributed by atoms with E-state index in [1.54, 1.807) is 0 Å². The van der Waals surface area contributed by atoms with Gasteiger partial charge in [-0.3, -0.25) is 0 Å². The van der Waals surface area contributed by atoms with E-state index in [1.807, 2.05) is 0 Å². The summed E-state index contributed by atoms with van der Waals surface area (Å²) in [6.07, 6.45) is 0. The van der Waals surface area contributed by atoms with Crippen LogP contribution < -0.4 is 31.1 Å². The van der Waals surface area contributed by atoms with Crippen molar-refractivity contribution in [2.45, 2.75) is 59.3 Å². The van der Waals surface area contributed by atoms with Gasteiger partial charge in [-0.25, -0.2) is 0 Å². The third-order valence-electron chi connectivity index (χ3n) is 13.3. The summed E-state index contributed by atoms with van der Waals surface area (Å²) in [6, 6.07) is 70.4. The van der Waals surface area contributed by atoms with Crippen LogP contribution in [0.5, 0.6) is 0 Å². The third-order valence-corrected chi connectivity index (χ3v) is 13.3. The van der Waals surface area contributed by atoms with Crippen LogP contribution >= 0.6 is 0 Å². The lowest BCUT2D eigenvalue weighted by molar-refractivity contribution is 0.590. The molecular weight excluding hydrogens is 761 g/mol. The number of hydrogen-bond donors (Lipinski definition) is 0. The van der Waals surface area contributed by atoms with Gasteiger partial charge in [-0.1, -0.05) is 157 Å². The average Bonchev–Trinajstić information content (AvgIpc) is 3.28. The van der Waals surface area contributed by atoms with Crippen molar-refractivity contribution in [1.29, 1.82) is 0 Å². The van der Waals surface area contributed by atoms with Gasteiger partial charge >= 0.3 is 0 Å². The minimum atomic E-state index is -0.0452. The van der Waals surface area contributed by atoms with E-state index in [1.165, 1.54) is 83.1 Å². The van der Waals surface area contributed by atoms with Gasteiger partial charge in [0.25, 0.3) is 6.71 Å². The largest absolute Gasteiger partial charge is 0.311 e. The fourth-order valence-electron chi connectivity index (χ4n) is 10.2. The van der Waals surface area contributed by atoms with Crippen molar-refractivity contribution in [2.24, 2.45) is 0 Å². The van der Waals surface area contributed by atoms with Gasteiger partial charge in [0.2, 0.25) is 0 Å². The topological polar surface area (TPSA) is 9.72 Å². The molecule has 63 heavy (non-hydrogen) atoms. The van der Waals surface area contributed by atoms with Gasteiger partial charge in [0.05, 0.1) is 5.69 Å². The molecule has 9 aromatic rings. The maximum Gasteiger partial charge on any atom is 0.252 e. The molecule has 2 aliphatic heterocycles. The second-order valence-corrected chi connectivity index (χ2v) is 19.6. The predicted octanol–water partition coefficient (Wildman–Crippen LogP) is 14.4. The van der Waals surface area contributed by atoms with Crippen molar-refractivity contribution >= 4 is 95.8 Å². The first-order valence-electron chi connectivity index (χ1n) is 22.4. The van der Waals surface area contributed by atoms with Crippen LogP contribution in [0.3, 0.4) is 0 Å². The first-order valence-corrected chi connectivity index (χ1v) is 22.4. The molecule has 0 spiro atoms. The maximum atomic E-state index is 2.61. The third kappa shape index (κ3) is 6.42. The van der Waals surface area contributed by atoms with Crippen LogP contribution in [-0.2, 0) is 10.8 Å². The molecule has 0 aromatic heterocycles. The van der Waals surface area contributed by atoms with E-state index >= 15 is 0 Å². The molecule has 0 N–H and O–H groups in total. The fourth-order valence-corrected chi connectivity index (χ4v) is 10.2. The van der Waals surface area contributed by atoms with Gasteiger partial charge in [-0.05, 0) is 134 Å². The molecule has 0 saturated carbocycles. The zero-order chi connectivity index (χ0) is 43.2. The van der Waals surface area contributed by atoms with Gasteiger partial charge in [0.1, 0.15) is 0 Å². The van der Waals surface area contributed by atoms with E-state index in [0.717, 1.165) is 22.7 Å². The van der Waals surface area contributed by atoms with E-state index in [0.29, 0.717) is 0 Å². The van der Waals surface area contributed by atoms with Crippen molar-refractivity contribution in [3.63, 3.8) is 0 Å². The van der Waals surface area contributed by atoms with E-state index < -0.39 is 0 Å². The Kier molecular flexibility index (Phi) is 8.96. The molecule has 0 bridgehead atoms. The maximum absolute atomic E-state index is 2.61. The van der Waals surface area contributed by atoms with Crippen LogP contribution in [-0.4, -0.2) is 6.71 Å². The second kappa shape index (κ2) is 14.5. The molecule has 0 atom stereocenters. The molecular formula is C59H52BN3. The molecule has 306 valence electrons. The zero-order valence-electron chi connectivity index (χ0n) is 37.3. The van der Waals surface area contributed by atoms with Gasteiger partial charge in [-0.15, -0.1) is 0 Å². The van der Waals surface area contributed by atoms with Crippen LogP contribution in [0.15, 0.2) is 188 Å². The molecule has 0 saturated heterocycles. The van der Waals surface area contributed by atoms with Crippen molar-refractivity contribution < 1.29 is 0 Å². The first kappa shape index (κ1) is 38.9. The Labute approximate surface area is 373 Å². The summed E-state index contributed by atoms with van der Waals surface area (Å²) in [5.41, 5.74) is 18.4. The Morgan fingerprint density at radius 1 is 0.413 bits per heavy atom. The van der Waals surface area contributed by atoms with Crippen LogP contribution in [0.25, 0.3) is 21.5 Å².